The van der Waals surface area contributed by atoms with E-state index >= 15 is 0 Å². The molecule has 0 aliphatic rings. The summed E-state index contributed by atoms with van der Waals surface area (Å²) in [5, 5.41) is 0. The number of hydrogen-bond acceptors (Lipinski definition) is 1. The van der Waals surface area contributed by atoms with Crippen LogP contribution in [0.3, 0.4) is 0 Å². The lowest BCUT2D eigenvalue weighted by Crippen LogP contribution is -1.92. The molecule has 0 heterocycles. The Morgan fingerprint density at radius 2 is 1.74 bits per heavy atom. The smallest absolute Gasteiger partial charge is 0.0449 e. The summed E-state index contributed by atoms with van der Waals surface area (Å²) in [5.74, 6) is 0. The van der Waals surface area contributed by atoms with Gasteiger partial charge in [0.2, 0.25) is 0 Å². The van der Waals surface area contributed by atoms with Crippen LogP contribution in [0, 0.1) is 6.92 Å². The second-order valence-corrected chi connectivity index (χ2v) is 6.44. The largest absolute Gasteiger partial charge is 0.0795 e. The molecule has 3 heteroatoms. The Hall–Kier alpha value is -0.770. The first-order chi connectivity index (χ1) is 9.06. The Labute approximate surface area is 135 Å². The maximum absolute atomic E-state index is 5.43. The molecule has 0 saturated heterocycles. The van der Waals surface area contributed by atoms with Crippen LogP contribution in [0.5, 0.6) is 0 Å². The van der Waals surface area contributed by atoms with Gasteiger partial charge >= 0.3 is 0 Å². The highest BCUT2D eigenvalue weighted by Crippen LogP contribution is 2.23. The van der Waals surface area contributed by atoms with E-state index in [0.29, 0.717) is 0 Å². The Kier molecular flexibility index (Phi) is 5.08. The van der Waals surface area contributed by atoms with Crippen molar-refractivity contribution < 1.29 is 0 Å². The Morgan fingerprint density at radius 3 is 2.42 bits per heavy atom. The van der Waals surface area contributed by atoms with Gasteiger partial charge in [-0.1, -0.05) is 80.0 Å². The van der Waals surface area contributed by atoms with Crippen molar-refractivity contribution in [1.29, 1.82) is 0 Å². The minimum Gasteiger partial charge on any atom is -0.0795 e. The molecule has 0 unspecified atom stereocenters. The summed E-state index contributed by atoms with van der Waals surface area (Å²) < 4.78 is 2.11. The van der Waals surface area contributed by atoms with E-state index < -0.39 is 0 Å². The maximum atomic E-state index is 5.43. The molecular weight excluding hydrogens is 384 g/mol. The van der Waals surface area contributed by atoms with Gasteiger partial charge in [-0.2, -0.15) is 0 Å². The van der Waals surface area contributed by atoms with Gasteiger partial charge in [-0.3, -0.25) is 0 Å². The van der Waals surface area contributed by atoms with Crippen LogP contribution < -0.4 is 0 Å². The van der Waals surface area contributed by atoms with Gasteiger partial charge in [0.25, 0.3) is 0 Å². The molecule has 0 amide bonds. The van der Waals surface area contributed by atoms with Crippen molar-refractivity contribution in [3.63, 3.8) is 0 Å². The predicted molar refractivity (Wildman–Crippen MR) is 93.8 cm³/mol. The van der Waals surface area contributed by atoms with Gasteiger partial charge in [-0.05, 0) is 42.3 Å². The van der Waals surface area contributed by atoms with Gasteiger partial charge in [0.1, 0.15) is 0 Å². The topological polar surface area (TPSA) is 0 Å². The molecule has 0 nitrogen and oxygen atoms in total. The van der Waals surface area contributed by atoms with Crippen molar-refractivity contribution in [2.24, 2.45) is 0 Å². The molecule has 2 aromatic carbocycles. The number of allylic oxidation sites excluding steroid dienone is 1. The normalized spacial score (nSPS) is 10.9. The van der Waals surface area contributed by atoms with Gasteiger partial charge in [-0.25, -0.2) is 0 Å². The fourth-order valence-corrected chi connectivity index (χ4v) is 2.58. The third-order valence-electron chi connectivity index (χ3n) is 2.71. The minimum absolute atomic E-state index is 0.840. The summed E-state index contributed by atoms with van der Waals surface area (Å²) in [7, 11) is 0. The Bertz CT molecular complexity index is 628. The zero-order valence-electron chi connectivity index (χ0n) is 10.4. The van der Waals surface area contributed by atoms with E-state index in [1.54, 1.807) is 0 Å². The highest BCUT2D eigenvalue weighted by Gasteiger charge is 1.99. The van der Waals surface area contributed by atoms with Crippen molar-refractivity contribution in [3.05, 3.63) is 74.2 Å². The second kappa shape index (κ2) is 6.60. The van der Waals surface area contributed by atoms with Crippen molar-refractivity contribution in [3.8, 4) is 0 Å². The lowest BCUT2D eigenvalue weighted by Gasteiger charge is -2.01. The SMILES string of the molecule is Cc1ccc(C(=S)C=Cc2cc(Br)ccc2Br)cc1. The van der Waals surface area contributed by atoms with E-state index in [2.05, 4.69) is 69.1 Å². The average molecular weight is 396 g/mol. The number of halogens is 2. The summed E-state index contributed by atoms with van der Waals surface area (Å²) >= 11 is 12.4. The zero-order chi connectivity index (χ0) is 13.8. The molecule has 2 aromatic rings. The second-order valence-electron chi connectivity index (χ2n) is 4.23. The molecular formula is C16H12Br2S. The van der Waals surface area contributed by atoms with E-state index in [9.17, 15) is 0 Å². The molecule has 0 N–H and O–H groups in total. The van der Waals surface area contributed by atoms with Crippen LogP contribution >= 0.6 is 44.1 Å². The molecule has 0 saturated carbocycles. The van der Waals surface area contributed by atoms with Crippen LogP contribution in [0.4, 0.5) is 0 Å². The minimum atomic E-state index is 0.840. The van der Waals surface area contributed by atoms with E-state index in [4.69, 9.17) is 12.2 Å². The van der Waals surface area contributed by atoms with Crippen LogP contribution in [-0.4, -0.2) is 4.86 Å². The van der Waals surface area contributed by atoms with Gasteiger partial charge < -0.3 is 0 Å². The zero-order valence-corrected chi connectivity index (χ0v) is 14.3. The number of rotatable bonds is 3. The summed E-state index contributed by atoms with van der Waals surface area (Å²) in [4.78, 5) is 0.840. The van der Waals surface area contributed by atoms with Crippen molar-refractivity contribution in [1.82, 2.24) is 0 Å². The van der Waals surface area contributed by atoms with Crippen LogP contribution in [0.25, 0.3) is 6.08 Å². The third kappa shape index (κ3) is 4.10. The molecule has 0 aliphatic heterocycles. The lowest BCUT2D eigenvalue weighted by atomic mass is 10.1. The van der Waals surface area contributed by atoms with Crippen LogP contribution in [0.2, 0.25) is 0 Å². The lowest BCUT2D eigenvalue weighted by molar-refractivity contribution is 1.47. The van der Waals surface area contributed by atoms with E-state index in [-0.39, 0.29) is 0 Å². The monoisotopic (exact) mass is 394 g/mol. The Balaban J connectivity index is 2.20. The molecule has 96 valence electrons. The van der Waals surface area contributed by atoms with Crippen LogP contribution in [-0.2, 0) is 0 Å². The summed E-state index contributed by atoms with van der Waals surface area (Å²) in [6, 6.07) is 14.3. The number of thiocarbonyl (C=S) groups is 1. The first kappa shape index (κ1) is 14.6. The fraction of sp³-hybridized carbons (Fsp3) is 0.0625. The summed E-state index contributed by atoms with van der Waals surface area (Å²) in [6.45, 7) is 2.07. The third-order valence-corrected chi connectivity index (χ3v) is 4.30. The number of aryl methyl sites for hydroxylation is 1. The highest BCUT2D eigenvalue weighted by molar-refractivity contribution is 9.11. The maximum Gasteiger partial charge on any atom is 0.0449 e. The van der Waals surface area contributed by atoms with Gasteiger partial charge in [0.05, 0.1) is 0 Å². The van der Waals surface area contributed by atoms with Gasteiger partial charge in [0, 0.05) is 13.8 Å². The van der Waals surface area contributed by atoms with Crippen molar-refractivity contribution in [2.75, 3.05) is 0 Å². The molecule has 0 spiro atoms. The molecule has 0 radical (unpaired) electrons. The first-order valence-corrected chi connectivity index (χ1v) is 7.80. The van der Waals surface area contributed by atoms with Gasteiger partial charge in [0.15, 0.2) is 0 Å². The number of benzene rings is 2. The first-order valence-electron chi connectivity index (χ1n) is 5.80. The molecule has 19 heavy (non-hydrogen) atoms. The number of hydrogen-bond donors (Lipinski definition) is 0. The Morgan fingerprint density at radius 1 is 1.05 bits per heavy atom. The summed E-state index contributed by atoms with van der Waals surface area (Å²) in [5.41, 5.74) is 3.41. The molecule has 0 atom stereocenters. The van der Waals surface area contributed by atoms with Crippen molar-refractivity contribution in [2.45, 2.75) is 6.92 Å². The molecule has 2 rings (SSSR count). The fourth-order valence-electron chi connectivity index (χ4n) is 1.62. The quantitative estimate of drug-likeness (QED) is 0.351. The summed E-state index contributed by atoms with van der Waals surface area (Å²) in [6.07, 6.45) is 3.99. The average Bonchev–Trinajstić information content (AvgIpc) is 2.40. The molecule has 0 aliphatic carbocycles. The van der Waals surface area contributed by atoms with E-state index in [1.807, 2.05) is 24.3 Å². The van der Waals surface area contributed by atoms with E-state index in [1.165, 1.54) is 5.56 Å². The van der Waals surface area contributed by atoms with E-state index in [0.717, 1.165) is 24.9 Å². The van der Waals surface area contributed by atoms with Crippen LogP contribution in [0.15, 0.2) is 57.5 Å². The van der Waals surface area contributed by atoms with Crippen molar-refractivity contribution >= 4 is 55.0 Å². The molecule has 0 bridgehead atoms. The van der Waals surface area contributed by atoms with Gasteiger partial charge in [-0.15, -0.1) is 0 Å². The highest BCUT2D eigenvalue weighted by atomic mass is 79.9. The van der Waals surface area contributed by atoms with Crippen LogP contribution in [0.1, 0.15) is 16.7 Å². The molecule has 0 fully saturated rings. The standard InChI is InChI=1S/C16H12Br2S/c1-11-2-4-12(5-3-11)16(19)9-6-13-10-14(17)7-8-15(13)18/h2-10H,1H3. The predicted octanol–water partition coefficient (Wildman–Crippen LogP) is 5.95. The molecule has 0 aromatic heterocycles.